The lowest BCUT2D eigenvalue weighted by Crippen LogP contribution is -2.71. The number of nitrogen functional groups attached to an aromatic ring is 1. The van der Waals surface area contributed by atoms with Crippen molar-refractivity contribution in [3.8, 4) is 0 Å². The number of rotatable bonds is 7. The van der Waals surface area contributed by atoms with Gasteiger partial charge in [0.05, 0.1) is 6.04 Å². The molecule has 30 heavy (non-hydrogen) atoms. The number of nitrogens with zero attached hydrogens (tertiary/aromatic N) is 6. The molecular weight excluding hydrogens is 456 g/mol. The normalized spacial score (nSPS) is 21.6. The zero-order chi connectivity index (χ0) is 21.4. The molecule has 156 valence electrons. The third-order valence-electron chi connectivity index (χ3n) is 4.50. The second-order valence-electron chi connectivity index (χ2n) is 6.19. The maximum absolute atomic E-state index is 12.7. The SMILES string of the molecule is Nc1nc(C(N=O)C(=O)NC2C(=O)N3C(C(=O)O)=C(Sc4ncsn4)CCC23)ns1. The number of nitrogens with one attached hydrogen (secondary N) is 1. The Balaban J connectivity index is 1.51. The van der Waals surface area contributed by atoms with Crippen LogP contribution in [0.4, 0.5) is 5.13 Å². The molecule has 2 aliphatic rings. The molecule has 2 aromatic rings. The highest BCUT2D eigenvalue weighted by atomic mass is 32.2. The van der Waals surface area contributed by atoms with Gasteiger partial charge in [-0.3, -0.25) is 14.5 Å². The summed E-state index contributed by atoms with van der Waals surface area (Å²) < 4.78 is 7.84. The molecule has 0 bridgehead atoms. The molecule has 13 nitrogen and oxygen atoms in total. The molecule has 0 aliphatic carbocycles. The number of aromatic nitrogens is 4. The van der Waals surface area contributed by atoms with Gasteiger partial charge in [-0.1, -0.05) is 11.8 Å². The smallest absolute Gasteiger partial charge is 0.353 e. The van der Waals surface area contributed by atoms with Gasteiger partial charge in [-0.15, -0.1) is 4.91 Å². The predicted molar refractivity (Wildman–Crippen MR) is 105 cm³/mol. The quantitative estimate of drug-likeness (QED) is 0.375. The lowest BCUT2D eigenvalue weighted by molar-refractivity contribution is -0.156. The van der Waals surface area contributed by atoms with Crippen LogP contribution in [0.5, 0.6) is 0 Å². The van der Waals surface area contributed by atoms with Gasteiger partial charge in [-0.2, -0.15) is 8.75 Å². The van der Waals surface area contributed by atoms with Gasteiger partial charge < -0.3 is 16.2 Å². The van der Waals surface area contributed by atoms with E-state index >= 15 is 0 Å². The molecule has 1 saturated heterocycles. The fourth-order valence-electron chi connectivity index (χ4n) is 3.25. The lowest BCUT2D eigenvalue weighted by atomic mass is 9.86. The monoisotopic (exact) mass is 468 g/mol. The summed E-state index contributed by atoms with van der Waals surface area (Å²) in [5, 5.41) is 15.3. The number of amides is 2. The minimum Gasteiger partial charge on any atom is -0.477 e. The van der Waals surface area contributed by atoms with E-state index in [0.29, 0.717) is 22.9 Å². The first-order valence-corrected chi connectivity index (χ1v) is 10.8. The van der Waals surface area contributed by atoms with Gasteiger partial charge in [0.1, 0.15) is 17.2 Å². The van der Waals surface area contributed by atoms with Crippen LogP contribution in [-0.2, 0) is 14.4 Å². The van der Waals surface area contributed by atoms with Gasteiger partial charge in [0.2, 0.25) is 11.2 Å². The summed E-state index contributed by atoms with van der Waals surface area (Å²) in [6.07, 6.45) is 0.785. The minimum atomic E-state index is -1.56. The predicted octanol–water partition coefficient (Wildman–Crippen LogP) is 0.357. The highest BCUT2D eigenvalue weighted by Crippen LogP contribution is 2.42. The summed E-state index contributed by atoms with van der Waals surface area (Å²) in [5.74, 6) is -2.86. The summed E-state index contributed by atoms with van der Waals surface area (Å²) in [6, 6.07) is -3.09. The van der Waals surface area contributed by atoms with Crippen molar-refractivity contribution in [1.29, 1.82) is 0 Å². The standard InChI is InChI=1S/C14H12N8O5S3/c15-13-18-9(20-30-13)7(19-27)10(23)17-6-4-1-2-5(29-14-16-3-28-21-14)8(12(25)26)22(4)11(6)24/h3-4,6-7H,1-2H2,(H,17,23)(H,25,26)(H2,15,18,20). The van der Waals surface area contributed by atoms with Gasteiger partial charge in [-0.25, -0.2) is 14.8 Å². The fraction of sp³-hybridized carbons (Fsp3) is 0.357. The number of thioether (sulfide) groups is 1. The van der Waals surface area contributed by atoms with E-state index in [1.54, 1.807) is 0 Å². The molecule has 4 N–H and O–H groups in total. The number of allylic oxidation sites excluding steroid dienone is 1. The van der Waals surface area contributed by atoms with Crippen molar-refractivity contribution >= 4 is 57.7 Å². The number of hydrogen-bond acceptors (Lipinski definition) is 13. The number of carboxylic acids is 1. The molecule has 4 rings (SSSR count). The van der Waals surface area contributed by atoms with Crippen LogP contribution in [0.2, 0.25) is 0 Å². The van der Waals surface area contributed by atoms with Crippen molar-refractivity contribution in [3.05, 3.63) is 26.8 Å². The van der Waals surface area contributed by atoms with Crippen LogP contribution >= 0.6 is 34.8 Å². The first kappa shape index (κ1) is 20.3. The van der Waals surface area contributed by atoms with Crippen LogP contribution in [0.1, 0.15) is 24.7 Å². The van der Waals surface area contributed by atoms with Crippen molar-refractivity contribution < 1.29 is 19.5 Å². The number of nitrogens with two attached hydrogens (primary N) is 1. The molecule has 0 aromatic carbocycles. The third kappa shape index (κ3) is 3.52. The molecular formula is C14H12N8O5S3. The Labute approximate surface area is 180 Å². The van der Waals surface area contributed by atoms with Crippen molar-refractivity contribution in [2.24, 2.45) is 5.18 Å². The summed E-state index contributed by atoms with van der Waals surface area (Å²) in [5.41, 5.74) is 6.84. The summed E-state index contributed by atoms with van der Waals surface area (Å²) in [4.78, 5) is 57.5. The van der Waals surface area contributed by atoms with Crippen LogP contribution in [0.15, 0.2) is 26.4 Å². The first-order valence-electron chi connectivity index (χ1n) is 8.36. The van der Waals surface area contributed by atoms with Gasteiger partial charge in [0.15, 0.2) is 11.0 Å². The maximum Gasteiger partial charge on any atom is 0.353 e. The topological polar surface area (TPSA) is 194 Å². The Kier molecular flexibility index (Phi) is 5.44. The molecule has 2 aliphatic heterocycles. The number of hydrogen-bond donors (Lipinski definition) is 3. The Bertz CT molecular complexity index is 1050. The maximum atomic E-state index is 12.7. The summed E-state index contributed by atoms with van der Waals surface area (Å²) in [7, 11) is 0. The van der Waals surface area contributed by atoms with Gasteiger partial charge in [0.25, 0.3) is 11.8 Å². The van der Waals surface area contributed by atoms with Crippen molar-refractivity contribution in [2.45, 2.75) is 36.1 Å². The number of aliphatic carboxylic acids is 1. The molecule has 16 heteroatoms. The molecule has 3 unspecified atom stereocenters. The summed E-state index contributed by atoms with van der Waals surface area (Å²) >= 11 is 3.04. The second-order valence-corrected chi connectivity index (χ2v) is 8.64. The lowest BCUT2D eigenvalue weighted by Gasteiger charge is -2.50. The number of carbonyl (C=O) groups excluding carboxylic acids is 2. The van der Waals surface area contributed by atoms with Gasteiger partial charge in [0, 0.05) is 16.4 Å². The average molecular weight is 469 g/mol. The van der Waals surface area contributed by atoms with Crippen LogP contribution in [0.3, 0.4) is 0 Å². The fourth-order valence-corrected chi connectivity index (χ4v) is 5.21. The van der Waals surface area contributed by atoms with E-state index in [-0.39, 0.29) is 16.7 Å². The number of β-lactam (4-membered cyclic amide) rings is 1. The number of carbonyl (C=O) groups is 3. The minimum absolute atomic E-state index is 0.0699. The van der Waals surface area contributed by atoms with Crippen LogP contribution in [-0.4, -0.2) is 58.6 Å². The van der Waals surface area contributed by atoms with Crippen LogP contribution in [0.25, 0.3) is 0 Å². The third-order valence-corrected chi connectivity index (χ3v) is 6.68. The second kappa shape index (κ2) is 8.04. The molecule has 0 spiro atoms. The molecule has 1 fully saturated rings. The highest BCUT2D eigenvalue weighted by Gasteiger charge is 2.54. The Morgan fingerprint density at radius 1 is 1.43 bits per heavy atom. The number of carboxylic acid groups (broad SMARTS) is 1. The highest BCUT2D eigenvalue weighted by molar-refractivity contribution is 8.03. The van der Waals surface area contributed by atoms with Crippen molar-refractivity contribution in [3.63, 3.8) is 0 Å². The van der Waals surface area contributed by atoms with E-state index in [1.807, 2.05) is 0 Å². The zero-order valence-electron chi connectivity index (χ0n) is 14.8. The zero-order valence-corrected chi connectivity index (χ0v) is 17.2. The van der Waals surface area contributed by atoms with E-state index < -0.39 is 35.9 Å². The van der Waals surface area contributed by atoms with Crippen molar-refractivity contribution in [2.75, 3.05) is 5.73 Å². The Morgan fingerprint density at radius 2 is 2.23 bits per heavy atom. The van der Waals surface area contributed by atoms with Crippen molar-refractivity contribution in [1.82, 2.24) is 28.9 Å². The molecule has 0 saturated carbocycles. The molecule has 4 heterocycles. The number of fused-ring (bicyclic) bond motifs is 1. The van der Waals surface area contributed by atoms with Crippen LogP contribution in [0, 0.1) is 4.91 Å². The van der Waals surface area contributed by atoms with E-state index in [9.17, 15) is 24.4 Å². The number of nitroso groups, excluding NO2 is 1. The summed E-state index contributed by atoms with van der Waals surface area (Å²) in [6.45, 7) is 0. The van der Waals surface area contributed by atoms with E-state index in [1.165, 1.54) is 5.51 Å². The van der Waals surface area contributed by atoms with E-state index in [0.717, 1.165) is 39.7 Å². The van der Waals surface area contributed by atoms with E-state index in [2.05, 4.69) is 29.2 Å². The number of anilines is 1. The first-order chi connectivity index (χ1) is 14.4. The Hall–Kier alpha value is -2.98. The molecule has 0 radical (unpaired) electrons. The Morgan fingerprint density at radius 3 is 2.83 bits per heavy atom. The molecule has 2 aromatic heterocycles. The van der Waals surface area contributed by atoms with Gasteiger partial charge >= 0.3 is 5.97 Å². The largest absolute Gasteiger partial charge is 0.477 e. The molecule has 2 amide bonds. The molecule has 3 atom stereocenters. The van der Waals surface area contributed by atoms with Gasteiger partial charge in [-0.05, 0) is 29.6 Å². The van der Waals surface area contributed by atoms with E-state index in [4.69, 9.17) is 5.73 Å². The van der Waals surface area contributed by atoms with Crippen LogP contribution < -0.4 is 11.1 Å². The average Bonchev–Trinajstić information content (AvgIpc) is 3.38.